The van der Waals surface area contributed by atoms with Gasteiger partial charge in [0.15, 0.2) is 0 Å². The average Bonchev–Trinajstić information content (AvgIpc) is 2.32. The van der Waals surface area contributed by atoms with E-state index in [9.17, 15) is 9.18 Å². The van der Waals surface area contributed by atoms with Gasteiger partial charge in [-0.1, -0.05) is 23.2 Å². The lowest BCUT2D eigenvalue weighted by Crippen LogP contribution is -2.05. The summed E-state index contributed by atoms with van der Waals surface area (Å²) < 4.78 is 13.1. The molecule has 0 aliphatic heterocycles. The van der Waals surface area contributed by atoms with Gasteiger partial charge in [-0.15, -0.1) is 0 Å². The molecule has 5 heteroatoms. The normalized spacial score (nSPS) is 10.4. The van der Waals surface area contributed by atoms with Crippen LogP contribution in [0.3, 0.4) is 0 Å². The third-order valence-electron chi connectivity index (χ3n) is 2.44. The van der Waals surface area contributed by atoms with E-state index < -0.39 is 0 Å². The standard InChI is InChI=1S/C13H8Cl2FNO/c1-7-4-8(2-3-11(7)16)13(18)12-10(15)5-9(14)6-17-12/h2-6H,1H3. The van der Waals surface area contributed by atoms with Gasteiger partial charge in [-0.25, -0.2) is 9.37 Å². The van der Waals surface area contributed by atoms with E-state index in [0.717, 1.165) is 0 Å². The number of aryl methyl sites for hydroxylation is 1. The van der Waals surface area contributed by atoms with E-state index in [0.29, 0.717) is 16.1 Å². The fourth-order valence-corrected chi connectivity index (χ4v) is 1.97. The van der Waals surface area contributed by atoms with Crippen LogP contribution in [0.4, 0.5) is 4.39 Å². The number of carbonyl (C=O) groups is 1. The van der Waals surface area contributed by atoms with Crippen LogP contribution in [0.2, 0.25) is 10.0 Å². The predicted octanol–water partition coefficient (Wildman–Crippen LogP) is 4.07. The largest absolute Gasteiger partial charge is 0.287 e. The lowest BCUT2D eigenvalue weighted by atomic mass is 10.0. The Balaban J connectivity index is 2.44. The van der Waals surface area contributed by atoms with Crippen molar-refractivity contribution < 1.29 is 9.18 Å². The number of pyridine rings is 1. The number of ketones is 1. The molecule has 2 rings (SSSR count). The zero-order valence-corrected chi connectivity index (χ0v) is 10.9. The van der Waals surface area contributed by atoms with Gasteiger partial charge in [-0.2, -0.15) is 0 Å². The maximum absolute atomic E-state index is 13.1. The molecule has 18 heavy (non-hydrogen) atoms. The van der Waals surface area contributed by atoms with E-state index in [1.807, 2.05) is 0 Å². The van der Waals surface area contributed by atoms with Crippen molar-refractivity contribution in [3.63, 3.8) is 0 Å². The lowest BCUT2D eigenvalue weighted by molar-refractivity contribution is 0.103. The summed E-state index contributed by atoms with van der Waals surface area (Å²) in [5.74, 6) is -0.721. The minimum atomic E-state index is -0.361. The van der Waals surface area contributed by atoms with Crippen molar-refractivity contribution in [2.45, 2.75) is 6.92 Å². The summed E-state index contributed by atoms with van der Waals surface area (Å²) in [4.78, 5) is 16.0. The first-order chi connectivity index (χ1) is 8.49. The summed E-state index contributed by atoms with van der Waals surface area (Å²) in [6, 6.07) is 5.55. The van der Waals surface area contributed by atoms with Crippen LogP contribution in [-0.2, 0) is 0 Å². The van der Waals surface area contributed by atoms with E-state index in [-0.39, 0.29) is 22.3 Å². The Kier molecular flexibility index (Phi) is 3.64. The van der Waals surface area contributed by atoms with Crippen LogP contribution in [0.15, 0.2) is 30.5 Å². The Morgan fingerprint density at radius 1 is 1.28 bits per heavy atom. The molecule has 1 aromatic heterocycles. The first kappa shape index (κ1) is 13.0. The molecule has 0 fully saturated rings. The molecule has 0 saturated heterocycles. The molecule has 0 amide bonds. The second-order valence-electron chi connectivity index (χ2n) is 3.78. The molecule has 1 heterocycles. The van der Waals surface area contributed by atoms with Crippen molar-refractivity contribution in [3.8, 4) is 0 Å². The third kappa shape index (κ3) is 2.52. The van der Waals surface area contributed by atoms with Gasteiger partial charge in [0.25, 0.3) is 0 Å². The monoisotopic (exact) mass is 283 g/mol. The smallest absolute Gasteiger partial charge is 0.212 e. The van der Waals surface area contributed by atoms with Gasteiger partial charge < -0.3 is 0 Å². The van der Waals surface area contributed by atoms with Gasteiger partial charge in [-0.05, 0) is 36.8 Å². The molecule has 0 unspecified atom stereocenters. The Labute approximate surface area is 113 Å². The van der Waals surface area contributed by atoms with E-state index in [1.165, 1.54) is 30.5 Å². The van der Waals surface area contributed by atoms with Crippen LogP contribution in [0.1, 0.15) is 21.6 Å². The van der Waals surface area contributed by atoms with Crippen molar-refractivity contribution >= 4 is 29.0 Å². The molecule has 0 aliphatic carbocycles. The molecule has 0 bridgehead atoms. The van der Waals surface area contributed by atoms with Gasteiger partial charge in [-0.3, -0.25) is 4.79 Å². The quantitative estimate of drug-likeness (QED) is 0.778. The van der Waals surface area contributed by atoms with Gasteiger partial charge in [0.2, 0.25) is 5.78 Å². The zero-order valence-electron chi connectivity index (χ0n) is 9.38. The maximum Gasteiger partial charge on any atom is 0.212 e. The number of rotatable bonds is 2. The molecule has 2 nitrogen and oxygen atoms in total. The van der Waals surface area contributed by atoms with Crippen LogP contribution in [-0.4, -0.2) is 10.8 Å². The van der Waals surface area contributed by atoms with Crippen LogP contribution in [0, 0.1) is 12.7 Å². The number of nitrogens with zero attached hydrogens (tertiary/aromatic N) is 1. The van der Waals surface area contributed by atoms with Crippen LogP contribution in [0.5, 0.6) is 0 Å². The van der Waals surface area contributed by atoms with Crippen molar-refractivity contribution in [3.05, 3.63) is 63.1 Å². The maximum atomic E-state index is 13.1. The molecular formula is C13H8Cl2FNO. The van der Waals surface area contributed by atoms with Crippen LogP contribution >= 0.6 is 23.2 Å². The number of carbonyl (C=O) groups excluding carboxylic acids is 1. The van der Waals surface area contributed by atoms with E-state index >= 15 is 0 Å². The Morgan fingerprint density at radius 2 is 2.00 bits per heavy atom. The Bertz CT molecular complexity index is 628. The fourth-order valence-electron chi connectivity index (χ4n) is 1.50. The van der Waals surface area contributed by atoms with Gasteiger partial charge in [0, 0.05) is 11.8 Å². The molecule has 0 spiro atoms. The van der Waals surface area contributed by atoms with Crippen molar-refractivity contribution in [1.82, 2.24) is 4.98 Å². The molecule has 0 saturated carbocycles. The third-order valence-corrected chi connectivity index (χ3v) is 2.94. The molecule has 0 N–H and O–H groups in total. The number of halogens is 3. The lowest BCUT2D eigenvalue weighted by Gasteiger charge is -2.04. The molecule has 92 valence electrons. The summed E-state index contributed by atoms with van der Waals surface area (Å²) in [5.41, 5.74) is 0.837. The van der Waals surface area contributed by atoms with E-state index in [1.54, 1.807) is 6.92 Å². The Morgan fingerprint density at radius 3 is 2.61 bits per heavy atom. The predicted molar refractivity (Wildman–Crippen MR) is 68.8 cm³/mol. The highest BCUT2D eigenvalue weighted by Crippen LogP contribution is 2.21. The first-order valence-corrected chi connectivity index (χ1v) is 5.86. The van der Waals surface area contributed by atoms with Crippen LogP contribution < -0.4 is 0 Å². The highest BCUT2D eigenvalue weighted by molar-refractivity contribution is 6.37. The molecule has 0 atom stereocenters. The van der Waals surface area contributed by atoms with E-state index in [4.69, 9.17) is 23.2 Å². The highest BCUT2D eigenvalue weighted by Gasteiger charge is 2.15. The second kappa shape index (κ2) is 5.04. The van der Waals surface area contributed by atoms with Gasteiger partial charge in [0.1, 0.15) is 11.5 Å². The van der Waals surface area contributed by atoms with Crippen molar-refractivity contribution in [2.24, 2.45) is 0 Å². The summed E-state index contributed by atoms with van der Waals surface area (Å²) in [7, 11) is 0. The molecule has 0 aliphatic rings. The Hall–Kier alpha value is -1.45. The fraction of sp³-hybridized carbons (Fsp3) is 0.0769. The summed E-state index contributed by atoms with van der Waals surface area (Å²) in [6.07, 6.45) is 1.34. The number of hydrogen-bond donors (Lipinski definition) is 0. The average molecular weight is 284 g/mol. The summed E-state index contributed by atoms with van der Waals surface area (Å²) >= 11 is 11.6. The number of hydrogen-bond acceptors (Lipinski definition) is 2. The molecular weight excluding hydrogens is 276 g/mol. The zero-order chi connectivity index (χ0) is 13.3. The first-order valence-electron chi connectivity index (χ1n) is 5.11. The van der Waals surface area contributed by atoms with E-state index in [2.05, 4.69) is 4.98 Å². The van der Waals surface area contributed by atoms with Gasteiger partial charge >= 0.3 is 0 Å². The molecule has 2 aromatic rings. The topological polar surface area (TPSA) is 30.0 Å². The SMILES string of the molecule is Cc1cc(C(=O)c2ncc(Cl)cc2Cl)ccc1F. The second-order valence-corrected chi connectivity index (χ2v) is 4.62. The number of benzene rings is 1. The summed E-state index contributed by atoms with van der Waals surface area (Å²) in [5, 5.41) is 0.529. The molecule has 1 aromatic carbocycles. The van der Waals surface area contributed by atoms with Crippen molar-refractivity contribution in [2.75, 3.05) is 0 Å². The highest BCUT2D eigenvalue weighted by atomic mass is 35.5. The van der Waals surface area contributed by atoms with Gasteiger partial charge in [0.05, 0.1) is 10.0 Å². The number of aromatic nitrogens is 1. The minimum absolute atomic E-state index is 0.104. The van der Waals surface area contributed by atoms with Crippen LogP contribution in [0.25, 0.3) is 0 Å². The molecule has 0 radical (unpaired) electrons. The summed E-state index contributed by atoms with van der Waals surface area (Å²) in [6.45, 7) is 1.59. The minimum Gasteiger partial charge on any atom is -0.287 e. The van der Waals surface area contributed by atoms with Crippen molar-refractivity contribution in [1.29, 1.82) is 0 Å².